The lowest BCUT2D eigenvalue weighted by Crippen LogP contribution is -2.41. The zero-order chi connectivity index (χ0) is 18.4. The van der Waals surface area contributed by atoms with E-state index >= 15 is 0 Å². The third kappa shape index (κ3) is 4.30. The molecule has 1 fully saturated rings. The third-order valence-corrected chi connectivity index (χ3v) is 4.17. The summed E-state index contributed by atoms with van der Waals surface area (Å²) in [5.41, 5.74) is 1.85. The van der Waals surface area contributed by atoms with Crippen molar-refractivity contribution in [2.45, 2.75) is 18.9 Å². The Morgan fingerprint density at radius 3 is 2.73 bits per heavy atom. The van der Waals surface area contributed by atoms with Crippen LogP contribution in [0.5, 0.6) is 5.75 Å². The Labute approximate surface area is 152 Å². The molecular formula is C21H21NO4. The van der Waals surface area contributed by atoms with Crippen LogP contribution < -0.4 is 4.74 Å². The minimum absolute atomic E-state index is 0.117. The Morgan fingerprint density at radius 2 is 1.96 bits per heavy atom. The number of ether oxygens (including phenoxy) is 2. The third-order valence-electron chi connectivity index (χ3n) is 4.17. The second kappa shape index (κ2) is 8.34. The molecule has 26 heavy (non-hydrogen) atoms. The van der Waals surface area contributed by atoms with Gasteiger partial charge in [-0.3, -0.25) is 4.79 Å². The van der Waals surface area contributed by atoms with E-state index in [0.29, 0.717) is 18.8 Å². The number of amides is 2. The van der Waals surface area contributed by atoms with E-state index < -0.39 is 6.09 Å². The molecule has 1 aliphatic heterocycles. The molecule has 0 unspecified atom stereocenters. The average Bonchev–Trinajstić information content (AvgIpc) is 3.01. The number of cyclic esters (lactones) is 1. The fourth-order valence-corrected chi connectivity index (χ4v) is 2.96. The molecule has 0 saturated carbocycles. The normalized spacial score (nSPS) is 16.2. The zero-order valence-electron chi connectivity index (χ0n) is 14.5. The first kappa shape index (κ1) is 17.7. The van der Waals surface area contributed by atoms with Crippen LogP contribution in [-0.2, 0) is 22.4 Å². The number of rotatable bonds is 7. The molecule has 2 aromatic rings. The van der Waals surface area contributed by atoms with Gasteiger partial charge < -0.3 is 9.47 Å². The molecule has 0 spiro atoms. The van der Waals surface area contributed by atoms with Gasteiger partial charge in [-0.05, 0) is 29.7 Å². The van der Waals surface area contributed by atoms with Crippen molar-refractivity contribution in [1.29, 1.82) is 0 Å². The Kier molecular flexibility index (Phi) is 5.69. The molecule has 1 saturated heterocycles. The highest BCUT2D eigenvalue weighted by molar-refractivity contribution is 5.94. The molecule has 2 aromatic carbocycles. The highest BCUT2D eigenvalue weighted by atomic mass is 16.6. The maximum atomic E-state index is 12.7. The SMILES string of the molecule is C=CCOc1cccc(CC(=O)N2C(=O)OC[C@H]2Cc2ccccc2)c1. The number of carbonyl (C=O) groups is 2. The van der Waals surface area contributed by atoms with E-state index in [0.717, 1.165) is 11.1 Å². The van der Waals surface area contributed by atoms with Gasteiger partial charge in [-0.2, -0.15) is 0 Å². The molecule has 2 amide bonds. The molecule has 134 valence electrons. The van der Waals surface area contributed by atoms with Gasteiger partial charge in [0.2, 0.25) is 5.91 Å². The van der Waals surface area contributed by atoms with Crippen LogP contribution in [0.25, 0.3) is 0 Å². The predicted molar refractivity (Wildman–Crippen MR) is 98.0 cm³/mol. The summed E-state index contributed by atoms with van der Waals surface area (Å²) in [7, 11) is 0. The first-order chi connectivity index (χ1) is 12.7. The number of hydrogen-bond acceptors (Lipinski definition) is 4. The van der Waals surface area contributed by atoms with Gasteiger partial charge in [0.1, 0.15) is 19.0 Å². The summed E-state index contributed by atoms with van der Waals surface area (Å²) in [6.45, 7) is 4.23. The van der Waals surface area contributed by atoms with E-state index in [1.165, 1.54) is 4.90 Å². The molecule has 0 radical (unpaired) electrons. The molecule has 0 N–H and O–H groups in total. The number of benzene rings is 2. The van der Waals surface area contributed by atoms with Gasteiger partial charge in [-0.1, -0.05) is 55.1 Å². The highest BCUT2D eigenvalue weighted by Gasteiger charge is 2.37. The van der Waals surface area contributed by atoms with Crippen LogP contribution in [0.15, 0.2) is 67.3 Å². The topological polar surface area (TPSA) is 55.8 Å². The monoisotopic (exact) mass is 351 g/mol. The Bertz CT molecular complexity index is 788. The second-order valence-corrected chi connectivity index (χ2v) is 6.11. The summed E-state index contributed by atoms with van der Waals surface area (Å²) in [6.07, 6.45) is 1.79. The van der Waals surface area contributed by atoms with Crippen molar-refractivity contribution >= 4 is 12.0 Å². The number of hydrogen-bond donors (Lipinski definition) is 0. The molecule has 1 atom stereocenters. The quantitative estimate of drug-likeness (QED) is 0.718. The lowest BCUT2D eigenvalue weighted by Gasteiger charge is -2.20. The number of carbonyl (C=O) groups excluding carboxylic acids is 2. The molecule has 0 aromatic heterocycles. The highest BCUT2D eigenvalue weighted by Crippen LogP contribution is 2.20. The van der Waals surface area contributed by atoms with Crippen molar-refractivity contribution in [3.63, 3.8) is 0 Å². The van der Waals surface area contributed by atoms with Gasteiger partial charge in [0.05, 0.1) is 12.5 Å². The van der Waals surface area contributed by atoms with Gasteiger partial charge in [-0.15, -0.1) is 0 Å². The molecule has 1 heterocycles. The predicted octanol–water partition coefficient (Wildman–Crippen LogP) is 3.38. The van der Waals surface area contributed by atoms with Crippen LogP contribution in [0.2, 0.25) is 0 Å². The van der Waals surface area contributed by atoms with Crippen LogP contribution in [0.3, 0.4) is 0 Å². The van der Waals surface area contributed by atoms with E-state index in [1.807, 2.05) is 48.5 Å². The minimum Gasteiger partial charge on any atom is -0.490 e. The van der Waals surface area contributed by atoms with Gasteiger partial charge in [0.15, 0.2) is 0 Å². The van der Waals surface area contributed by atoms with E-state index in [-0.39, 0.29) is 25.0 Å². The summed E-state index contributed by atoms with van der Waals surface area (Å²) in [6, 6.07) is 16.8. The standard InChI is InChI=1S/C21H21NO4/c1-2-11-25-19-10-6-9-17(13-19)14-20(23)22-18(15-26-21(22)24)12-16-7-4-3-5-8-16/h2-10,13,18H,1,11-12,14-15H2/t18-/m1/s1. The van der Waals surface area contributed by atoms with E-state index in [4.69, 9.17) is 9.47 Å². The summed E-state index contributed by atoms with van der Waals surface area (Å²) in [4.78, 5) is 26.0. The van der Waals surface area contributed by atoms with Crippen molar-refractivity contribution < 1.29 is 19.1 Å². The molecule has 0 aliphatic carbocycles. The van der Waals surface area contributed by atoms with Crippen LogP contribution in [-0.4, -0.2) is 36.2 Å². The second-order valence-electron chi connectivity index (χ2n) is 6.11. The van der Waals surface area contributed by atoms with Crippen molar-refractivity contribution in [2.24, 2.45) is 0 Å². The van der Waals surface area contributed by atoms with E-state index in [1.54, 1.807) is 12.1 Å². The zero-order valence-corrected chi connectivity index (χ0v) is 14.5. The summed E-state index contributed by atoms with van der Waals surface area (Å²) in [5.74, 6) is 0.398. The first-order valence-corrected chi connectivity index (χ1v) is 8.52. The Morgan fingerprint density at radius 1 is 1.19 bits per heavy atom. The maximum Gasteiger partial charge on any atom is 0.416 e. The van der Waals surface area contributed by atoms with Crippen LogP contribution in [0.4, 0.5) is 4.79 Å². The van der Waals surface area contributed by atoms with Crippen molar-refractivity contribution in [2.75, 3.05) is 13.2 Å². The Hall–Kier alpha value is -3.08. The number of nitrogens with zero attached hydrogens (tertiary/aromatic N) is 1. The van der Waals surface area contributed by atoms with Gasteiger partial charge in [0, 0.05) is 0 Å². The van der Waals surface area contributed by atoms with Crippen LogP contribution in [0.1, 0.15) is 11.1 Å². The van der Waals surface area contributed by atoms with Crippen LogP contribution >= 0.6 is 0 Å². The van der Waals surface area contributed by atoms with Crippen molar-refractivity contribution in [3.05, 3.63) is 78.4 Å². The van der Waals surface area contributed by atoms with E-state index in [9.17, 15) is 9.59 Å². The molecule has 1 aliphatic rings. The lowest BCUT2D eigenvalue weighted by molar-refractivity contribution is -0.128. The Balaban J connectivity index is 1.69. The molecule has 0 bridgehead atoms. The maximum absolute atomic E-state index is 12.7. The summed E-state index contributed by atoms with van der Waals surface area (Å²) in [5, 5.41) is 0. The average molecular weight is 351 g/mol. The number of imide groups is 1. The van der Waals surface area contributed by atoms with Crippen molar-refractivity contribution in [3.8, 4) is 5.75 Å². The van der Waals surface area contributed by atoms with Gasteiger partial charge >= 0.3 is 6.09 Å². The van der Waals surface area contributed by atoms with Crippen LogP contribution in [0, 0.1) is 0 Å². The molecule has 5 nitrogen and oxygen atoms in total. The minimum atomic E-state index is -0.574. The summed E-state index contributed by atoms with van der Waals surface area (Å²) < 4.78 is 10.6. The molecule has 5 heteroatoms. The molecular weight excluding hydrogens is 330 g/mol. The van der Waals surface area contributed by atoms with Crippen molar-refractivity contribution in [1.82, 2.24) is 4.90 Å². The first-order valence-electron chi connectivity index (χ1n) is 8.52. The lowest BCUT2D eigenvalue weighted by atomic mass is 10.0. The largest absolute Gasteiger partial charge is 0.490 e. The fraction of sp³-hybridized carbons (Fsp3) is 0.238. The fourth-order valence-electron chi connectivity index (χ4n) is 2.96. The smallest absolute Gasteiger partial charge is 0.416 e. The van der Waals surface area contributed by atoms with Gasteiger partial charge in [-0.25, -0.2) is 9.69 Å². The van der Waals surface area contributed by atoms with Gasteiger partial charge in [0.25, 0.3) is 0 Å². The summed E-state index contributed by atoms with van der Waals surface area (Å²) >= 11 is 0. The molecule has 3 rings (SSSR count). The van der Waals surface area contributed by atoms with E-state index in [2.05, 4.69) is 6.58 Å².